The number of aromatic carboxylic acids is 1. The second-order valence-electron chi connectivity index (χ2n) is 10.3. The van der Waals surface area contributed by atoms with Crippen molar-refractivity contribution >= 4 is 40.8 Å². The highest BCUT2D eigenvalue weighted by molar-refractivity contribution is 6.36. The number of benzene rings is 4. The lowest BCUT2D eigenvalue weighted by Gasteiger charge is -2.22. The monoisotopic (exact) mass is 545 g/mol. The Labute approximate surface area is 233 Å². The molecule has 38 heavy (non-hydrogen) atoms. The van der Waals surface area contributed by atoms with Crippen molar-refractivity contribution in [3.05, 3.63) is 123 Å². The maximum Gasteiger partial charge on any atom is 0.335 e. The summed E-state index contributed by atoms with van der Waals surface area (Å²) in [5, 5.41) is 13.4. The van der Waals surface area contributed by atoms with Crippen molar-refractivity contribution in [3.63, 3.8) is 0 Å². The molecule has 0 spiro atoms. The SMILES string of the molecule is CC(C)(C)c1ccc(C(Cc2ccc(C(=O)O)cc2)C(=O)Nc2ccc(-c3ccc(Cl)cc3Cl)cc2)cc1. The van der Waals surface area contributed by atoms with Crippen LogP contribution in [0.4, 0.5) is 5.69 Å². The summed E-state index contributed by atoms with van der Waals surface area (Å²) in [6.07, 6.45) is 0.430. The second-order valence-corrected chi connectivity index (χ2v) is 11.2. The van der Waals surface area contributed by atoms with Gasteiger partial charge in [0.2, 0.25) is 5.91 Å². The zero-order valence-electron chi connectivity index (χ0n) is 21.5. The van der Waals surface area contributed by atoms with E-state index in [-0.39, 0.29) is 16.9 Å². The van der Waals surface area contributed by atoms with Crippen LogP contribution in [0.5, 0.6) is 0 Å². The number of carbonyl (C=O) groups is 2. The van der Waals surface area contributed by atoms with Gasteiger partial charge in [-0.05, 0) is 70.5 Å². The Bertz CT molecular complexity index is 1440. The van der Waals surface area contributed by atoms with E-state index in [0.717, 1.165) is 22.3 Å². The zero-order valence-corrected chi connectivity index (χ0v) is 23.0. The molecule has 0 saturated heterocycles. The first-order chi connectivity index (χ1) is 18.0. The molecule has 0 radical (unpaired) electrons. The van der Waals surface area contributed by atoms with Crippen molar-refractivity contribution in [2.45, 2.75) is 38.5 Å². The van der Waals surface area contributed by atoms with Crippen molar-refractivity contribution in [3.8, 4) is 11.1 Å². The number of hydrogen-bond acceptors (Lipinski definition) is 2. The normalized spacial score (nSPS) is 12.1. The summed E-state index contributed by atoms with van der Waals surface area (Å²) in [6.45, 7) is 6.45. The molecule has 1 atom stereocenters. The lowest BCUT2D eigenvalue weighted by atomic mass is 9.84. The van der Waals surface area contributed by atoms with Gasteiger partial charge in [-0.25, -0.2) is 4.79 Å². The first-order valence-corrected chi connectivity index (χ1v) is 13.1. The van der Waals surface area contributed by atoms with Crippen molar-refractivity contribution in [2.24, 2.45) is 0 Å². The average Bonchev–Trinajstić information content (AvgIpc) is 2.88. The number of halogens is 2. The minimum atomic E-state index is -0.980. The minimum absolute atomic E-state index is 0.00230. The standard InChI is InChI=1S/C32H29Cl2NO3/c1-32(2,3)24-12-8-22(9-13-24)28(18-20-4-6-23(7-5-20)31(37)38)30(36)35-26-15-10-21(11-16-26)27-17-14-25(33)19-29(27)34/h4-17,19,28H,18H2,1-3H3,(H,35,36)(H,37,38). The maximum absolute atomic E-state index is 13.6. The van der Waals surface area contributed by atoms with E-state index in [2.05, 4.69) is 38.2 Å². The first-order valence-electron chi connectivity index (χ1n) is 12.3. The van der Waals surface area contributed by atoms with Crippen LogP contribution in [0.25, 0.3) is 11.1 Å². The van der Waals surface area contributed by atoms with Crippen molar-refractivity contribution in [2.75, 3.05) is 5.32 Å². The summed E-state index contributed by atoms with van der Waals surface area (Å²) < 4.78 is 0. The molecule has 0 heterocycles. The third kappa shape index (κ3) is 6.63. The number of hydrogen-bond donors (Lipinski definition) is 2. The fourth-order valence-electron chi connectivity index (χ4n) is 4.28. The predicted octanol–water partition coefficient (Wildman–Crippen LogP) is 8.62. The van der Waals surface area contributed by atoms with Crippen LogP contribution in [-0.2, 0) is 16.6 Å². The van der Waals surface area contributed by atoms with E-state index in [9.17, 15) is 14.7 Å². The number of carboxylic acids is 1. The van der Waals surface area contributed by atoms with Crippen LogP contribution in [-0.4, -0.2) is 17.0 Å². The molecule has 4 aromatic carbocycles. The summed E-state index contributed by atoms with van der Waals surface area (Å²) in [7, 11) is 0. The van der Waals surface area contributed by atoms with Gasteiger partial charge in [0.25, 0.3) is 0 Å². The molecule has 0 aliphatic rings. The van der Waals surface area contributed by atoms with E-state index in [1.807, 2.05) is 42.5 Å². The average molecular weight is 546 g/mol. The first kappa shape index (κ1) is 27.4. The molecule has 2 N–H and O–H groups in total. The van der Waals surface area contributed by atoms with Gasteiger partial charge in [-0.3, -0.25) is 4.79 Å². The lowest BCUT2D eigenvalue weighted by molar-refractivity contribution is -0.117. The second kappa shape index (κ2) is 11.4. The number of rotatable bonds is 7. The van der Waals surface area contributed by atoms with Gasteiger partial charge < -0.3 is 10.4 Å². The van der Waals surface area contributed by atoms with Crippen LogP contribution in [0, 0.1) is 0 Å². The maximum atomic E-state index is 13.6. The summed E-state index contributed by atoms with van der Waals surface area (Å²) in [5.41, 5.74) is 5.60. The Morgan fingerprint density at radius 2 is 1.47 bits per heavy atom. The van der Waals surface area contributed by atoms with Gasteiger partial charge in [0.1, 0.15) is 0 Å². The molecule has 0 aromatic heterocycles. The molecule has 4 aromatic rings. The number of carbonyl (C=O) groups excluding carboxylic acids is 1. The highest BCUT2D eigenvalue weighted by Gasteiger charge is 2.23. The fourth-order valence-corrected chi connectivity index (χ4v) is 4.80. The van der Waals surface area contributed by atoms with E-state index >= 15 is 0 Å². The van der Waals surface area contributed by atoms with Gasteiger partial charge in [0.05, 0.1) is 11.5 Å². The Hall–Kier alpha value is -3.60. The highest BCUT2D eigenvalue weighted by atomic mass is 35.5. The molecule has 4 nitrogen and oxygen atoms in total. The van der Waals surface area contributed by atoms with Gasteiger partial charge >= 0.3 is 5.97 Å². The fraction of sp³-hybridized carbons (Fsp3) is 0.188. The summed E-state index contributed by atoms with van der Waals surface area (Å²) in [4.78, 5) is 24.8. The van der Waals surface area contributed by atoms with Crippen molar-refractivity contribution < 1.29 is 14.7 Å². The van der Waals surface area contributed by atoms with E-state index < -0.39 is 11.9 Å². The summed E-state index contributed by atoms with van der Waals surface area (Å²) in [6, 6.07) is 27.6. The Balaban J connectivity index is 1.59. The van der Waals surface area contributed by atoms with Crippen LogP contribution < -0.4 is 5.32 Å². The van der Waals surface area contributed by atoms with E-state index in [1.165, 1.54) is 5.56 Å². The topological polar surface area (TPSA) is 66.4 Å². The van der Waals surface area contributed by atoms with E-state index in [1.54, 1.807) is 36.4 Å². The molecule has 0 fully saturated rings. The Morgan fingerprint density at radius 3 is 2.03 bits per heavy atom. The van der Waals surface area contributed by atoms with Gasteiger partial charge in [0.15, 0.2) is 0 Å². The Kier molecular flexibility index (Phi) is 8.25. The van der Waals surface area contributed by atoms with Gasteiger partial charge in [-0.15, -0.1) is 0 Å². The zero-order chi connectivity index (χ0) is 27.4. The van der Waals surface area contributed by atoms with Crippen LogP contribution in [0.2, 0.25) is 10.0 Å². The molecule has 1 amide bonds. The molecule has 1 unspecified atom stereocenters. The van der Waals surface area contributed by atoms with E-state index in [0.29, 0.717) is 22.2 Å². The van der Waals surface area contributed by atoms with Crippen molar-refractivity contribution in [1.82, 2.24) is 0 Å². The summed E-state index contributed by atoms with van der Waals surface area (Å²) >= 11 is 12.4. The van der Waals surface area contributed by atoms with Crippen LogP contribution >= 0.6 is 23.2 Å². The minimum Gasteiger partial charge on any atom is -0.478 e. The van der Waals surface area contributed by atoms with Gasteiger partial charge in [0, 0.05) is 21.3 Å². The van der Waals surface area contributed by atoms with Gasteiger partial charge in [-0.1, -0.05) is 98.6 Å². The van der Waals surface area contributed by atoms with Crippen LogP contribution in [0.15, 0.2) is 91.0 Å². The number of nitrogens with one attached hydrogen (secondary N) is 1. The molecular weight excluding hydrogens is 517 g/mol. The molecule has 4 rings (SSSR count). The number of carboxylic acid groups (broad SMARTS) is 1. The van der Waals surface area contributed by atoms with E-state index in [4.69, 9.17) is 23.2 Å². The highest BCUT2D eigenvalue weighted by Crippen LogP contribution is 2.32. The molecule has 6 heteroatoms. The predicted molar refractivity (Wildman–Crippen MR) is 156 cm³/mol. The van der Waals surface area contributed by atoms with Gasteiger partial charge in [-0.2, -0.15) is 0 Å². The van der Waals surface area contributed by atoms with Crippen LogP contribution in [0.3, 0.4) is 0 Å². The van der Waals surface area contributed by atoms with Crippen LogP contribution in [0.1, 0.15) is 53.7 Å². The third-order valence-electron chi connectivity index (χ3n) is 6.53. The molecular formula is C32H29Cl2NO3. The molecule has 0 aliphatic heterocycles. The lowest BCUT2D eigenvalue weighted by Crippen LogP contribution is -2.23. The smallest absolute Gasteiger partial charge is 0.335 e. The number of amides is 1. The third-order valence-corrected chi connectivity index (χ3v) is 7.08. The quantitative estimate of drug-likeness (QED) is 0.244. The number of anilines is 1. The largest absolute Gasteiger partial charge is 0.478 e. The van der Waals surface area contributed by atoms with Crippen molar-refractivity contribution in [1.29, 1.82) is 0 Å². The summed E-state index contributed by atoms with van der Waals surface area (Å²) in [5.74, 6) is -1.59. The molecule has 0 saturated carbocycles. The molecule has 0 bridgehead atoms. The Morgan fingerprint density at radius 1 is 0.842 bits per heavy atom. The molecule has 194 valence electrons. The molecule has 0 aliphatic carbocycles.